The molecule has 0 bridgehead atoms. The van der Waals surface area contributed by atoms with Gasteiger partial charge in [-0.25, -0.2) is 0 Å². The standard InChI is InChI=1S/C15H31N3O/c1-16-11-15(6-9-19-13-15)12-18-7-4-14(5-8-18)10-17(2)3/h14,16H,4-13H2,1-3H3. The molecule has 1 atom stereocenters. The van der Waals surface area contributed by atoms with Crippen molar-refractivity contribution in [2.45, 2.75) is 19.3 Å². The van der Waals surface area contributed by atoms with Crippen LogP contribution in [-0.4, -0.2) is 76.9 Å². The Hall–Kier alpha value is -0.160. The molecule has 0 aromatic carbocycles. The summed E-state index contributed by atoms with van der Waals surface area (Å²) in [5, 5.41) is 3.36. The maximum atomic E-state index is 5.65. The maximum absolute atomic E-state index is 5.65. The monoisotopic (exact) mass is 269 g/mol. The van der Waals surface area contributed by atoms with Gasteiger partial charge >= 0.3 is 0 Å². The van der Waals surface area contributed by atoms with E-state index in [4.69, 9.17) is 4.74 Å². The first kappa shape index (κ1) is 15.2. The summed E-state index contributed by atoms with van der Waals surface area (Å²) in [5.74, 6) is 0.895. The van der Waals surface area contributed by atoms with Gasteiger partial charge in [0, 0.05) is 31.7 Å². The topological polar surface area (TPSA) is 27.7 Å². The number of likely N-dealkylation sites (tertiary alicyclic amines) is 1. The molecule has 0 saturated carbocycles. The third-order valence-electron chi connectivity index (χ3n) is 4.63. The maximum Gasteiger partial charge on any atom is 0.0547 e. The van der Waals surface area contributed by atoms with Gasteiger partial charge in [0.2, 0.25) is 0 Å². The van der Waals surface area contributed by atoms with Gasteiger partial charge in [0.1, 0.15) is 0 Å². The number of hydrogen-bond donors (Lipinski definition) is 1. The Balaban J connectivity index is 1.78. The number of ether oxygens (including phenoxy) is 1. The largest absolute Gasteiger partial charge is 0.381 e. The van der Waals surface area contributed by atoms with Gasteiger partial charge < -0.3 is 19.9 Å². The van der Waals surface area contributed by atoms with Crippen molar-refractivity contribution in [3.63, 3.8) is 0 Å². The molecule has 2 heterocycles. The first-order valence-electron chi connectivity index (χ1n) is 7.73. The van der Waals surface area contributed by atoms with Crippen LogP contribution in [0, 0.1) is 11.3 Å². The van der Waals surface area contributed by atoms with Crippen molar-refractivity contribution in [3.05, 3.63) is 0 Å². The summed E-state index contributed by atoms with van der Waals surface area (Å²) >= 11 is 0. The van der Waals surface area contributed by atoms with E-state index >= 15 is 0 Å². The molecule has 4 heteroatoms. The first-order valence-corrected chi connectivity index (χ1v) is 7.73. The Labute approximate surface area is 118 Å². The fourth-order valence-electron chi connectivity index (χ4n) is 3.66. The fraction of sp³-hybridized carbons (Fsp3) is 1.00. The molecular weight excluding hydrogens is 238 g/mol. The molecule has 0 aliphatic carbocycles. The Morgan fingerprint density at radius 1 is 1.32 bits per heavy atom. The molecule has 4 nitrogen and oxygen atoms in total. The van der Waals surface area contributed by atoms with Gasteiger partial charge in [-0.1, -0.05) is 0 Å². The second kappa shape index (κ2) is 7.02. The highest BCUT2D eigenvalue weighted by Crippen LogP contribution is 2.30. The zero-order chi connectivity index (χ0) is 13.7. The van der Waals surface area contributed by atoms with Crippen LogP contribution in [0.4, 0.5) is 0 Å². The molecule has 2 aliphatic rings. The highest BCUT2D eigenvalue weighted by Gasteiger charge is 2.36. The zero-order valence-electron chi connectivity index (χ0n) is 13.0. The summed E-state index contributed by atoms with van der Waals surface area (Å²) < 4.78 is 5.65. The summed E-state index contributed by atoms with van der Waals surface area (Å²) in [4.78, 5) is 4.99. The van der Waals surface area contributed by atoms with Crippen molar-refractivity contribution in [2.24, 2.45) is 11.3 Å². The molecular formula is C15H31N3O. The van der Waals surface area contributed by atoms with Gasteiger partial charge in [0.05, 0.1) is 6.61 Å². The normalized spacial score (nSPS) is 30.3. The Morgan fingerprint density at radius 3 is 2.58 bits per heavy atom. The van der Waals surface area contributed by atoms with E-state index in [9.17, 15) is 0 Å². The molecule has 0 aromatic heterocycles. The van der Waals surface area contributed by atoms with Gasteiger partial charge in [-0.15, -0.1) is 0 Å². The highest BCUT2D eigenvalue weighted by atomic mass is 16.5. The predicted octanol–water partition coefficient (Wildman–Crippen LogP) is 0.886. The molecule has 2 rings (SSSR count). The molecule has 2 saturated heterocycles. The number of rotatable bonds is 6. The molecule has 0 spiro atoms. The van der Waals surface area contributed by atoms with Crippen molar-refractivity contribution >= 4 is 0 Å². The minimum atomic E-state index is 0.364. The van der Waals surface area contributed by atoms with Crippen LogP contribution >= 0.6 is 0 Å². The number of nitrogens with one attached hydrogen (secondary N) is 1. The van der Waals surface area contributed by atoms with Crippen molar-refractivity contribution < 1.29 is 4.74 Å². The minimum Gasteiger partial charge on any atom is -0.381 e. The average molecular weight is 269 g/mol. The molecule has 112 valence electrons. The van der Waals surface area contributed by atoms with Crippen molar-refractivity contribution in [1.82, 2.24) is 15.1 Å². The minimum absolute atomic E-state index is 0.364. The molecule has 19 heavy (non-hydrogen) atoms. The van der Waals surface area contributed by atoms with Crippen molar-refractivity contribution in [2.75, 3.05) is 67.1 Å². The average Bonchev–Trinajstić information content (AvgIpc) is 2.80. The lowest BCUT2D eigenvalue weighted by molar-refractivity contribution is 0.0840. The predicted molar refractivity (Wildman–Crippen MR) is 79.5 cm³/mol. The molecule has 1 unspecified atom stereocenters. The highest BCUT2D eigenvalue weighted by molar-refractivity contribution is 4.89. The van der Waals surface area contributed by atoms with E-state index in [2.05, 4.69) is 36.3 Å². The van der Waals surface area contributed by atoms with Gasteiger partial charge in [0.25, 0.3) is 0 Å². The smallest absolute Gasteiger partial charge is 0.0547 e. The van der Waals surface area contributed by atoms with E-state index in [1.54, 1.807) is 0 Å². The Kier molecular flexibility index (Phi) is 5.63. The van der Waals surface area contributed by atoms with E-state index in [1.807, 2.05) is 0 Å². The van der Waals surface area contributed by atoms with Gasteiger partial charge in [0.15, 0.2) is 0 Å². The van der Waals surface area contributed by atoms with E-state index in [1.165, 1.54) is 45.4 Å². The van der Waals surface area contributed by atoms with Crippen LogP contribution in [0.1, 0.15) is 19.3 Å². The summed E-state index contributed by atoms with van der Waals surface area (Å²) in [6.07, 6.45) is 3.93. The summed E-state index contributed by atoms with van der Waals surface area (Å²) in [5.41, 5.74) is 0.364. The quantitative estimate of drug-likeness (QED) is 0.775. The summed E-state index contributed by atoms with van der Waals surface area (Å²) in [7, 11) is 6.43. The van der Waals surface area contributed by atoms with Crippen LogP contribution in [0.3, 0.4) is 0 Å². The fourth-order valence-corrected chi connectivity index (χ4v) is 3.66. The third-order valence-corrected chi connectivity index (χ3v) is 4.63. The number of nitrogens with zero attached hydrogens (tertiary/aromatic N) is 2. The van der Waals surface area contributed by atoms with Gasteiger partial charge in [-0.2, -0.15) is 0 Å². The van der Waals surface area contributed by atoms with Crippen LogP contribution < -0.4 is 5.32 Å². The number of piperidine rings is 1. The van der Waals surface area contributed by atoms with Crippen LogP contribution in [0.15, 0.2) is 0 Å². The van der Waals surface area contributed by atoms with Gasteiger partial charge in [-0.05, 0) is 59.4 Å². The van der Waals surface area contributed by atoms with E-state index in [-0.39, 0.29) is 0 Å². The van der Waals surface area contributed by atoms with Gasteiger partial charge in [-0.3, -0.25) is 0 Å². The lowest BCUT2D eigenvalue weighted by Gasteiger charge is -2.38. The molecule has 1 N–H and O–H groups in total. The second-order valence-electron chi connectivity index (χ2n) is 6.81. The number of hydrogen-bond acceptors (Lipinski definition) is 4. The SMILES string of the molecule is CNCC1(CN2CCC(CN(C)C)CC2)CCOC1. The van der Waals surface area contributed by atoms with E-state index in [0.29, 0.717) is 5.41 Å². The van der Waals surface area contributed by atoms with Crippen molar-refractivity contribution in [1.29, 1.82) is 0 Å². The van der Waals surface area contributed by atoms with Crippen LogP contribution in [0.5, 0.6) is 0 Å². The molecule has 0 radical (unpaired) electrons. The van der Waals surface area contributed by atoms with Crippen molar-refractivity contribution in [3.8, 4) is 0 Å². The molecule has 0 amide bonds. The van der Waals surface area contributed by atoms with E-state index in [0.717, 1.165) is 25.7 Å². The van der Waals surface area contributed by atoms with Crippen LogP contribution in [-0.2, 0) is 4.74 Å². The zero-order valence-corrected chi connectivity index (χ0v) is 13.0. The van der Waals surface area contributed by atoms with Crippen LogP contribution in [0.2, 0.25) is 0 Å². The lowest BCUT2D eigenvalue weighted by atomic mass is 9.85. The van der Waals surface area contributed by atoms with Crippen LogP contribution in [0.25, 0.3) is 0 Å². The molecule has 2 fully saturated rings. The lowest BCUT2D eigenvalue weighted by Crippen LogP contribution is -2.47. The third kappa shape index (κ3) is 4.42. The Morgan fingerprint density at radius 2 is 2.05 bits per heavy atom. The Bertz CT molecular complexity index is 256. The second-order valence-corrected chi connectivity index (χ2v) is 6.81. The molecule has 0 aromatic rings. The van der Waals surface area contributed by atoms with E-state index < -0.39 is 0 Å². The first-order chi connectivity index (χ1) is 9.13. The summed E-state index contributed by atoms with van der Waals surface area (Å²) in [6.45, 7) is 7.96. The summed E-state index contributed by atoms with van der Waals surface area (Å²) in [6, 6.07) is 0. The molecule has 2 aliphatic heterocycles.